The number of carbonyl (C=O) groups is 1. The van der Waals surface area contributed by atoms with Gasteiger partial charge in [0.1, 0.15) is 10.8 Å². The molecule has 1 heterocycles. The second-order valence-electron chi connectivity index (χ2n) is 7.86. The number of aromatic nitrogens is 1. The molecule has 0 saturated heterocycles. The summed E-state index contributed by atoms with van der Waals surface area (Å²) in [5, 5.41) is 4.17. The second kappa shape index (κ2) is 7.24. The third-order valence-corrected chi connectivity index (χ3v) is 7.59. The molecule has 1 aromatic heterocycles. The third-order valence-electron chi connectivity index (χ3n) is 6.20. The molecule has 6 heteroatoms. The lowest BCUT2D eigenvalue weighted by molar-refractivity contribution is -0.127. The number of aryl methyl sites for hydroxylation is 1. The van der Waals surface area contributed by atoms with Crippen LogP contribution in [0.25, 0.3) is 10.6 Å². The van der Waals surface area contributed by atoms with Crippen LogP contribution in [0.3, 0.4) is 0 Å². The first-order valence-corrected chi connectivity index (χ1v) is 10.5. The number of rotatable bonds is 5. The Kier molecular flexibility index (Phi) is 4.95. The summed E-state index contributed by atoms with van der Waals surface area (Å²) in [6, 6.07) is 7.86. The van der Waals surface area contributed by atoms with Crippen LogP contribution in [0.5, 0.6) is 5.75 Å². The summed E-state index contributed by atoms with van der Waals surface area (Å²) < 4.78 is 5.22. The molecule has 2 bridgehead atoms. The van der Waals surface area contributed by atoms with Crippen LogP contribution >= 0.6 is 11.3 Å². The Labute approximate surface area is 164 Å². The van der Waals surface area contributed by atoms with Crippen LogP contribution in [0, 0.1) is 24.7 Å². The van der Waals surface area contributed by atoms with E-state index in [0.29, 0.717) is 11.8 Å². The van der Waals surface area contributed by atoms with Gasteiger partial charge in [-0.15, -0.1) is 11.3 Å². The molecule has 27 heavy (non-hydrogen) atoms. The zero-order valence-electron chi connectivity index (χ0n) is 16.1. The van der Waals surface area contributed by atoms with Gasteiger partial charge in [-0.2, -0.15) is 0 Å². The number of nitrogens with zero attached hydrogens (tertiary/aromatic N) is 1. The molecule has 1 amide bonds. The van der Waals surface area contributed by atoms with Crippen molar-refractivity contribution < 1.29 is 9.53 Å². The van der Waals surface area contributed by atoms with Crippen LogP contribution in [-0.4, -0.2) is 24.0 Å². The topological polar surface area (TPSA) is 77.2 Å². The van der Waals surface area contributed by atoms with Gasteiger partial charge in [0.2, 0.25) is 5.91 Å². The first-order valence-electron chi connectivity index (χ1n) is 9.65. The average Bonchev–Trinajstić information content (AvgIpc) is 3.36. The lowest BCUT2D eigenvalue weighted by Crippen LogP contribution is -2.45. The number of benzene rings is 1. The van der Waals surface area contributed by atoms with Gasteiger partial charge in [0.05, 0.1) is 29.6 Å². The zero-order chi connectivity index (χ0) is 19.1. The number of nitrogens with one attached hydrogen (secondary N) is 1. The average molecular weight is 386 g/mol. The number of nitrogens with two attached hydrogens (primary N) is 1. The molecule has 5 atom stereocenters. The van der Waals surface area contributed by atoms with E-state index < -0.39 is 0 Å². The summed E-state index contributed by atoms with van der Waals surface area (Å²) >= 11 is 1.64. The number of thiazole rings is 1. The molecule has 2 aliphatic rings. The van der Waals surface area contributed by atoms with Crippen molar-refractivity contribution >= 4 is 17.2 Å². The largest absolute Gasteiger partial charge is 0.497 e. The SMILES string of the molecule is COc1ccc(-c2nc(C)c(C(C)NC(=O)C3C4CCC(C4)C3N)s2)cc1. The van der Waals surface area contributed by atoms with Gasteiger partial charge in [-0.05, 0) is 69.2 Å². The highest BCUT2D eigenvalue weighted by Crippen LogP contribution is 2.47. The molecule has 2 aliphatic carbocycles. The Morgan fingerprint density at radius 1 is 1.30 bits per heavy atom. The fraction of sp³-hybridized carbons (Fsp3) is 0.524. The van der Waals surface area contributed by atoms with E-state index in [4.69, 9.17) is 15.5 Å². The smallest absolute Gasteiger partial charge is 0.225 e. The maximum atomic E-state index is 12.9. The van der Waals surface area contributed by atoms with Crippen LogP contribution in [0.2, 0.25) is 0 Å². The summed E-state index contributed by atoms with van der Waals surface area (Å²) in [5.74, 6) is 1.92. The van der Waals surface area contributed by atoms with Crippen molar-refractivity contribution in [3.05, 3.63) is 34.8 Å². The van der Waals surface area contributed by atoms with Crippen LogP contribution in [-0.2, 0) is 4.79 Å². The number of hydrogen-bond donors (Lipinski definition) is 2. The molecule has 0 aliphatic heterocycles. The predicted octanol–water partition coefficient (Wildman–Crippen LogP) is 3.68. The van der Waals surface area contributed by atoms with Crippen molar-refractivity contribution in [1.82, 2.24) is 10.3 Å². The molecule has 3 N–H and O–H groups in total. The van der Waals surface area contributed by atoms with Gasteiger partial charge in [-0.1, -0.05) is 0 Å². The fourth-order valence-electron chi connectivity index (χ4n) is 4.77. The molecule has 1 aromatic carbocycles. The molecule has 144 valence electrons. The van der Waals surface area contributed by atoms with Crippen molar-refractivity contribution in [1.29, 1.82) is 0 Å². The first-order chi connectivity index (χ1) is 13.0. The normalized spacial score (nSPS) is 27.6. The molecular weight excluding hydrogens is 358 g/mol. The molecule has 5 nitrogen and oxygen atoms in total. The highest BCUT2D eigenvalue weighted by atomic mass is 32.1. The van der Waals surface area contributed by atoms with Gasteiger partial charge in [-0.25, -0.2) is 4.98 Å². The minimum absolute atomic E-state index is 0.0216. The number of hydrogen-bond acceptors (Lipinski definition) is 5. The summed E-state index contributed by atoms with van der Waals surface area (Å²) in [5.41, 5.74) is 8.36. The van der Waals surface area contributed by atoms with Crippen molar-refractivity contribution in [2.24, 2.45) is 23.5 Å². The maximum absolute atomic E-state index is 12.9. The van der Waals surface area contributed by atoms with E-state index in [0.717, 1.165) is 39.7 Å². The van der Waals surface area contributed by atoms with Gasteiger partial charge < -0.3 is 15.8 Å². The lowest BCUT2D eigenvalue weighted by atomic mass is 9.84. The Hall–Kier alpha value is -1.92. The van der Waals surface area contributed by atoms with E-state index in [1.165, 1.54) is 6.42 Å². The van der Waals surface area contributed by atoms with Crippen molar-refractivity contribution in [2.45, 2.75) is 45.2 Å². The number of amides is 1. The molecule has 0 spiro atoms. The van der Waals surface area contributed by atoms with E-state index in [9.17, 15) is 4.79 Å². The quantitative estimate of drug-likeness (QED) is 0.823. The predicted molar refractivity (Wildman–Crippen MR) is 108 cm³/mol. The number of fused-ring (bicyclic) bond motifs is 2. The molecule has 2 saturated carbocycles. The van der Waals surface area contributed by atoms with Gasteiger partial charge >= 0.3 is 0 Å². The Bertz CT molecular complexity index is 830. The summed E-state index contributed by atoms with van der Waals surface area (Å²) in [6.07, 6.45) is 3.45. The summed E-state index contributed by atoms with van der Waals surface area (Å²) in [7, 11) is 1.66. The fourth-order valence-corrected chi connectivity index (χ4v) is 5.84. The third kappa shape index (κ3) is 3.36. The molecule has 0 radical (unpaired) electrons. The minimum Gasteiger partial charge on any atom is -0.497 e. The van der Waals surface area contributed by atoms with Crippen molar-refractivity contribution in [3.63, 3.8) is 0 Å². The van der Waals surface area contributed by atoms with E-state index >= 15 is 0 Å². The van der Waals surface area contributed by atoms with Crippen LogP contribution < -0.4 is 15.8 Å². The molecule has 2 aromatic rings. The Balaban J connectivity index is 1.48. The van der Waals surface area contributed by atoms with Gasteiger partial charge in [0.15, 0.2) is 0 Å². The highest BCUT2D eigenvalue weighted by molar-refractivity contribution is 7.15. The zero-order valence-corrected chi connectivity index (χ0v) is 16.9. The number of carbonyl (C=O) groups excluding carboxylic acids is 1. The molecule has 2 fully saturated rings. The highest BCUT2D eigenvalue weighted by Gasteiger charge is 2.49. The maximum Gasteiger partial charge on any atom is 0.225 e. The van der Waals surface area contributed by atoms with Crippen LogP contribution in [0.4, 0.5) is 0 Å². The van der Waals surface area contributed by atoms with E-state index in [2.05, 4.69) is 5.32 Å². The number of methoxy groups -OCH3 is 1. The van der Waals surface area contributed by atoms with Crippen LogP contribution in [0.1, 0.15) is 42.8 Å². The molecule has 4 rings (SSSR count). The molecular formula is C21H27N3O2S. The summed E-state index contributed by atoms with van der Waals surface area (Å²) in [6.45, 7) is 4.04. The van der Waals surface area contributed by atoms with Crippen molar-refractivity contribution in [2.75, 3.05) is 7.11 Å². The van der Waals surface area contributed by atoms with Crippen molar-refractivity contribution in [3.8, 4) is 16.3 Å². The van der Waals surface area contributed by atoms with E-state index in [1.54, 1.807) is 18.4 Å². The van der Waals surface area contributed by atoms with E-state index in [-0.39, 0.29) is 23.9 Å². The van der Waals surface area contributed by atoms with E-state index in [1.807, 2.05) is 38.1 Å². The van der Waals surface area contributed by atoms with Gasteiger partial charge in [0, 0.05) is 11.6 Å². The standard InChI is InChI=1S/C21H27N3O2S/c1-11(23-20(25)17-14-4-5-15(10-14)18(17)22)19-12(2)24-21(27-19)13-6-8-16(26-3)9-7-13/h6-9,11,14-15,17-18H,4-5,10,22H2,1-3H3,(H,23,25). The first kappa shape index (κ1) is 18.4. The molecule has 5 unspecified atom stereocenters. The van der Waals surface area contributed by atoms with Crippen LogP contribution in [0.15, 0.2) is 24.3 Å². The monoisotopic (exact) mass is 385 g/mol. The van der Waals surface area contributed by atoms with Gasteiger partial charge in [-0.3, -0.25) is 4.79 Å². The lowest BCUT2D eigenvalue weighted by Gasteiger charge is -2.28. The summed E-state index contributed by atoms with van der Waals surface area (Å²) in [4.78, 5) is 18.7. The minimum atomic E-state index is -0.0617. The Morgan fingerprint density at radius 2 is 2.00 bits per heavy atom. The second-order valence-corrected chi connectivity index (χ2v) is 8.89. The van der Waals surface area contributed by atoms with Gasteiger partial charge in [0.25, 0.3) is 0 Å². The number of ether oxygens (including phenoxy) is 1. The Morgan fingerprint density at radius 3 is 2.63 bits per heavy atom.